The molecule has 0 unspecified atom stereocenters. The second-order valence-corrected chi connectivity index (χ2v) is 4.55. The van der Waals surface area contributed by atoms with Crippen molar-refractivity contribution in [2.45, 2.75) is 39.3 Å². The van der Waals surface area contributed by atoms with Crippen LogP contribution in [0.15, 0.2) is 12.4 Å². The van der Waals surface area contributed by atoms with Gasteiger partial charge in [-0.05, 0) is 20.3 Å². The average molecular weight is 268 g/mol. The molecular weight excluding hydrogens is 248 g/mol. The Kier molecular flexibility index (Phi) is 5.84. The molecule has 2 amide bonds. The Hall–Kier alpha value is -2.05. The van der Waals surface area contributed by atoms with Crippen molar-refractivity contribution in [3.05, 3.63) is 18.0 Å². The van der Waals surface area contributed by atoms with Gasteiger partial charge in [-0.3, -0.25) is 9.89 Å². The largest absolute Gasteiger partial charge is 0.481 e. The Labute approximate surface area is 112 Å². The number of carboxylic acids is 1. The van der Waals surface area contributed by atoms with E-state index in [-0.39, 0.29) is 18.5 Å². The number of rotatable bonds is 7. The molecule has 0 aliphatic heterocycles. The van der Waals surface area contributed by atoms with E-state index in [9.17, 15) is 9.59 Å². The van der Waals surface area contributed by atoms with Crippen molar-refractivity contribution in [3.63, 3.8) is 0 Å². The number of carboxylic acid groups (broad SMARTS) is 1. The summed E-state index contributed by atoms with van der Waals surface area (Å²) in [6.07, 6.45) is 3.87. The van der Waals surface area contributed by atoms with E-state index in [2.05, 4.69) is 15.5 Å². The van der Waals surface area contributed by atoms with Crippen molar-refractivity contribution in [1.82, 2.24) is 20.4 Å². The van der Waals surface area contributed by atoms with Gasteiger partial charge in [0.15, 0.2) is 0 Å². The predicted molar refractivity (Wildman–Crippen MR) is 69.5 cm³/mol. The van der Waals surface area contributed by atoms with Crippen LogP contribution >= 0.6 is 0 Å². The summed E-state index contributed by atoms with van der Waals surface area (Å²) < 4.78 is 0. The molecule has 7 nitrogen and oxygen atoms in total. The number of aromatic amines is 1. The normalized spacial score (nSPS) is 10.5. The second-order valence-electron chi connectivity index (χ2n) is 4.55. The van der Waals surface area contributed by atoms with Crippen LogP contribution in [0.25, 0.3) is 0 Å². The van der Waals surface area contributed by atoms with Crippen LogP contribution in [0.2, 0.25) is 0 Å². The van der Waals surface area contributed by atoms with Gasteiger partial charge in [0.25, 0.3) is 0 Å². The summed E-state index contributed by atoms with van der Waals surface area (Å²) in [5.41, 5.74) is 0.891. The molecule has 0 spiro atoms. The molecule has 7 heteroatoms. The standard InChI is InChI=1S/C12H20N4O3/c1-9(2)16(5-3-4-11(17)18)12(19)13-6-10-7-14-15-8-10/h7-9H,3-6H2,1-2H3,(H,13,19)(H,14,15)(H,17,18). The monoisotopic (exact) mass is 268 g/mol. The Morgan fingerprint density at radius 3 is 2.79 bits per heavy atom. The lowest BCUT2D eigenvalue weighted by Gasteiger charge is -2.26. The van der Waals surface area contributed by atoms with Crippen molar-refractivity contribution in [2.24, 2.45) is 0 Å². The van der Waals surface area contributed by atoms with Crippen LogP contribution in [0.5, 0.6) is 0 Å². The number of hydrogen-bond acceptors (Lipinski definition) is 3. The third kappa shape index (κ3) is 5.41. The molecule has 0 atom stereocenters. The first kappa shape index (κ1) is 15.0. The molecule has 3 N–H and O–H groups in total. The molecule has 19 heavy (non-hydrogen) atoms. The summed E-state index contributed by atoms with van der Waals surface area (Å²) in [4.78, 5) is 24.1. The van der Waals surface area contributed by atoms with Gasteiger partial charge in [-0.25, -0.2) is 4.79 Å². The number of H-pyrrole nitrogens is 1. The molecule has 0 aliphatic rings. The maximum atomic E-state index is 12.0. The van der Waals surface area contributed by atoms with Crippen LogP contribution in [-0.4, -0.2) is 44.8 Å². The lowest BCUT2D eigenvalue weighted by Crippen LogP contribution is -2.44. The Bertz CT molecular complexity index is 403. The second kappa shape index (κ2) is 7.40. The number of carbonyl (C=O) groups is 2. The van der Waals surface area contributed by atoms with Crippen LogP contribution in [0.4, 0.5) is 4.79 Å². The molecule has 0 radical (unpaired) electrons. The molecule has 0 aromatic carbocycles. The van der Waals surface area contributed by atoms with Crippen molar-refractivity contribution < 1.29 is 14.7 Å². The van der Waals surface area contributed by atoms with Gasteiger partial charge in [0, 0.05) is 37.3 Å². The summed E-state index contributed by atoms with van der Waals surface area (Å²) in [5.74, 6) is -0.845. The quantitative estimate of drug-likeness (QED) is 0.692. The number of urea groups is 1. The van der Waals surface area contributed by atoms with E-state index < -0.39 is 5.97 Å². The molecule has 1 heterocycles. The summed E-state index contributed by atoms with van der Waals surface area (Å²) >= 11 is 0. The fraction of sp³-hybridized carbons (Fsp3) is 0.583. The SMILES string of the molecule is CC(C)N(CCCC(=O)O)C(=O)NCc1cn[nH]c1. The van der Waals surface area contributed by atoms with Gasteiger partial charge >= 0.3 is 12.0 Å². The zero-order valence-corrected chi connectivity index (χ0v) is 11.2. The van der Waals surface area contributed by atoms with Gasteiger partial charge in [0.2, 0.25) is 0 Å². The molecule has 0 bridgehead atoms. The first-order valence-electron chi connectivity index (χ1n) is 6.24. The van der Waals surface area contributed by atoms with Gasteiger partial charge in [0.05, 0.1) is 6.20 Å². The third-order valence-corrected chi connectivity index (χ3v) is 2.67. The van der Waals surface area contributed by atoms with Crippen LogP contribution < -0.4 is 5.32 Å². The first-order chi connectivity index (χ1) is 9.00. The van der Waals surface area contributed by atoms with Gasteiger partial charge in [-0.15, -0.1) is 0 Å². The predicted octanol–water partition coefficient (Wildman–Crippen LogP) is 1.19. The van der Waals surface area contributed by atoms with E-state index >= 15 is 0 Å². The van der Waals surface area contributed by atoms with Crippen molar-refractivity contribution in [2.75, 3.05) is 6.54 Å². The van der Waals surface area contributed by atoms with E-state index in [0.717, 1.165) is 5.56 Å². The third-order valence-electron chi connectivity index (χ3n) is 2.67. The lowest BCUT2D eigenvalue weighted by atomic mass is 10.2. The van der Waals surface area contributed by atoms with Crippen LogP contribution in [0.1, 0.15) is 32.3 Å². The van der Waals surface area contributed by atoms with Crippen molar-refractivity contribution in [1.29, 1.82) is 0 Å². The molecule has 0 fully saturated rings. The average Bonchev–Trinajstić information content (AvgIpc) is 2.84. The maximum Gasteiger partial charge on any atom is 0.317 e. The molecule has 0 saturated heterocycles. The minimum atomic E-state index is -0.845. The minimum absolute atomic E-state index is 0.0261. The highest BCUT2D eigenvalue weighted by molar-refractivity contribution is 5.74. The van der Waals surface area contributed by atoms with E-state index in [1.54, 1.807) is 17.3 Å². The molecule has 0 aliphatic carbocycles. The van der Waals surface area contributed by atoms with Gasteiger partial charge in [-0.1, -0.05) is 0 Å². The van der Waals surface area contributed by atoms with E-state index in [4.69, 9.17) is 5.11 Å². The summed E-state index contributed by atoms with van der Waals surface area (Å²) in [6.45, 7) is 4.63. The Morgan fingerprint density at radius 2 is 2.26 bits per heavy atom. The number of nitrogens with one attached hydrogen (secondary N) is 2. The van der Waals surface area contributed by atoms with Crippen LogP contribution in [0.3, 0.4) is 0 Å². The number of carbonyl (C=O) groups excluding carboxylic acids is 1. The fourth-order valence-corrected chi connectivity index (χ4v) is 1.65. The van der Waals surface area contributed by atoms with Crippen molar-refractivity contribution >= 4 is 12.0 Å². The van der Waals surface area contributed by atoms with Crippen molar-refractivity contribution in [3.8, 4) is 0 Å². The van der Waals surface area contributed by atoms with E-state index in [0.29, 0.717) is 19.5 Å². The minimum Gasteiger partial charge on any atom is -0.481 e. The van der Waals surface area contributed by atoms with Crippen LogP contribution in [0, 0.1) is 0 Å². The number of hydrogen-bond donors (Lipinski definition) is 3. The first-order valence-corrected chi connectivity index (χ1v) is 6.24. The topological polar surface area (TPSA) is 98.3 Å². The summed E-state index contributed by atoms with van der Waals surface area (Å²) in [6, 6.07) is -0.167. The van der Waals surface area contributed by atoms with Crippen LogP contribution in [-0.2, 0) is 11.3 Å². The molecule has 1 aromatic rings. The molecule has 1 rings (SSSR count). The number of amides is 2. The highest BCUT2D eigenvalue weighted by atomic mass is 16.4. The van der Waals surface area contributed by atoms with Gasteiger partial charge in [0.1, 0.15) is 0 Å². The molecule has 0 saturated carbocycles. The fourth-order valence-electron chi connectivity index (χ4n) is 1.65. The highest BCUT2D eigenvalue weighted by Gasteiger charge is 2.16. The smallest absolute Gasteiger partial charge is 0.317 e. The Balaban J connectivity index is 2.41. The molecule has 1 aromatic heterocycles. The zero-order chi connectivity index (χ0) is 14.3. The highest BCUT2D eigenvalue weighted by Crippen LogP contribution is 2.03. The number of aromatic nitrogens is 2. The number of nitrogens with zero attached hydrogens (tertiary/aromatic N) is 2. The summed E-state index contributed by atoms with van der Waals surface area (Å²) in [7, 11) is 0. The molecule has 106 valence electrons. The Morgan fingerprint density at radius 1 is 1.53 bits per heavy atom. The van der Waals surface area contributed by atoms with E-state index in [1.807, 2.05) is 13.8 Å². The maximum absolute atomic E-state index is 12.0. The number of aliphatic carboxylic acids is 1. The van der Waals surface area contributed by atoms with E-state index in [1.165, 1.54) is 0 Å². The van der Waals surface area contributed by atoms with Gasteiger partial charge in [-0.2, -0.15) is 5.10 Å². The molecular formula is C12H20N4O3. The van der Waals surface area contributed by atoms with Gasteiger partial charge < -0.3 is 15.3 Å². The summed E-state index contributed by atoms with van der Waals surface area (Å²) in [5, 5.41) is 17.9. The lowest BCUT2D eigenvalue weighted by molar-refractivity contribution is -0.137. The zero-order valence-electron chi connectivity index (χ0n) is 11.2.